The number of aromatic nitrogens is 1. The van der Waals surface area contributed by atoms with Crippen molar-refractivity contribution in [1.82, 2.24) is 4.98 Å². The molecule has 0 aliphatic heterocycles. The minimum Gasteiger partial charge on any atom is -0.264 e. The lowest BCUT2D eigenvalue weighted by molar-refractivity contribution is 0.745. The molecule has 1 heteroatoms. The summed E-state index contributed by atoms with van der Waals surface area (Å²) >= 11 is 0. The van der Waals surface area contributed by atoms with Crippen LogP contribution in [0.25, 0.3) is 0 Å². The number of pyridine rings is 1. The van der Waals surface area contributed by atoms with Crippen LogP contribution in [0.1, 0.15) is 71.9 Å². The van der Waals surface area contributed by atoms with Gasteiger partial charge in [0.05, 0.1) is 0 Å². The molecule has 0 bridgehead atoms. The standard InChI is InChI=1S/C9H11N.3C2H6/c1-7-2-3-8-4-5-10-6-9(7)8;3*1-2/h4-7H,2-3H2,1H3;3*1-2H3. The first kappa shape index (κ1) is 17.5. The van der Waals surface area contributed by atoms with E-state index < -0.39 is 0 Å². The van der Waals surface area contributed by atoms with Crippen LogP contribution in [-0.4, -0.2) is 4.98 Å². The average molecular weight is 223 g/mol. The lowest BCUT2D eigenvalue weighted by Crippen LogP contribution is -1.86. The van der Waals surface area contributed by atoms with Gasteiger partial charge in [0.25, 0.3) is 0 Å². The van der Waals surface area contributed by atoms with Crippen LogP contribution in [0, 0.1) is 0 Å². The topological polar surface area (TPSA) is 12.9 Å². The number of aryl methyl sites for hydroxylation is 1. The van der Waals surface area contributed by atoms with Gasteiger partial charge in [0.1, 0.15) is 0 Å². The predicted octanol–water partition coefficient (Wildman–Crippen LogP) is 5.21. The Labute approximate surface area is 102 Å². The summed E-state index contributed by atoms with van der Waals surface area (Å²) < 4.78 is 0. The Kier molecular flexibility index (Phi) is 13.4. The largest absolute Gasteiger partial charge is 0.264 e. The lowest BCUT2D eigenvalue weighted by atomic mass is 10.1. The molecule has 94 valence electrons. The van der Waals surface area contributed by atoms with Crippen LogP contribution in [0.3, 0.4) is 0 Å². The fourth-order valence-corrected chi connectivity index (χ4v) is 1.63. The van der Waals surface area contributed by atoms with Crippen molar-refractivity contribution in [2.45, 2.75) is 67.2 Å². The third-order valence-electron chi connectivity index (χ3n) is 2.32. The second-order valence-corrected chi connectivity index (χ2v) is 3.01. The SMILES string of the molecule is CC.CC.CC.CC1CCc2ccncc21. The molecule has 2 rings (SSSR count). The molecule has 16 heavy (non-hydrogen) atoms. The maximum absolute atomic E-state index is 4.11. The van der Waals surface area contributed by atoms with E-state index in [4.69, 9.17) is 0 Å². The van der Waals surface area contributed by atoms with Gasteiger partial charge < -0.3 is 0 Å². The summed E-state index contributed by atoms with van der Waals surface area (Å²) in [6.07, 6.45) is 6.45. The summed E-state index contributed by atoms with van der Waals surface area (Å²) in [5.41, 5.74) is 2.96. The molecule has 0 fully saturated rings. The Balaban J connectivity index is 0. The Morgan fingerprint density at radius 3 is 2.12 bits per heavy atom. The molecule has 1 heterocycles. The van der Waals surface area contributed by atoms with Gasteiger partial charge in [-0.05, 0) is 36.0 Å². The molecule has 0 saturated heterocycles. The number of nitrogens with zero attached hydrogens (tertiary/aromatic N) is 1. The van der Waals surface area contributed by atoms with Crippen molar-refractivity contribution in [3.8, 4) is 0 Å². The van der Waals surface area contributed by atoms with Gasteiger partial charge in [-0.3, -0.25) is 4.98 Å². The minimum atomic E-state index is 0.740. The molecule has 1 nitrogen and oxygen atoms in total. The van der Waals surface area contributed by atoms with Crippen molar-refractivity contribution >= 4 is 0 Å². The fraction of sp³-hybridized carbons (Fsp3) is 0.667. The Bertz CT molecular complexity index is 243. The van der Waals surface area contributed by atoms with E-state index in [-0.39, 0.29) is 0 Å². The first-order valence-electron chi connectivity index (χ1n) is 6.80. The number of rotatable bonds is 0. The molecule has 0 spiro atoms. The predicted molar refractivity (Wildman–Crippen MR) is 75.0 cm³/mol. The highest BCUT2D eigenvalue weighted by atomic mass is 14.6. The summed E-state index contributed by atoms with van der Waals surface area (Å²) in [6.45, 7) is 14.3. The van der Waals surface area contributed by atoms with Crippen molar-refractivity contribution < 1.29 is 0 Å². The monoisotopic (exact) mass is 223 g/mol. The van der Waals surface area contributed by atoms with Crippen molar-refractivity contribution in [1.29, 1.82) is 0 Å². The van der Waals surface area contributed by atoms with Gasteiger partial charge in [0, 0.05) is 12.4 Å². The van der Waals surface area contributed by atoms with Gasteiger partial charge in [0.15, 0.2) is 0 Å². The fourth-order valence-electron chi connectivity index (χ4n) is 1.63. The summed E-state index contributed by atoms with van der Waals surface area (Å²) in [4.78, 5) is 4.11. The van der Waals surface area contributed by atoms with Crippen molar-refractivity contribution in [3.63, 3.8) is 0 Å². The Morgan fingerprint density at radius 2 is 1.62 bits per heavy atom. The van der Waals surface area contributed by atoms with Crippen LogP contribution < -0.4 is 0 Å². The molecule has 1 atom stereocenters. The quantitative estimate of drug-likeness (QED) is 0.588. The van der Waals surface area contributed by atoms with Crippen LogP contribution >= 0.6 is 0 Å². The smallest absolute Gasteiger partial charge is 0.0305 e. The number of fused-ring (bicyclic) bond motifs is 1. The molecule has 1 aliphatic carbocycles. The highest BCUT2D eigenvalue weighted by Crippen LogP contribution is 2.30. The molecule has 0 N–H and O–H groups in total. The summed E-state index contributed by atoms with van der Waals surface area (Å²) in [7, 11) is 0. The van der Waals surface area contributed by atoms with Crippen LogP contribution in [0.15, 0.2) is 18.5 Å². The zero-order chi connectivity index (χ0) is 13.0. The van der Waals surface area contributed by atoms with E-state index >= 15 is 0 Å². The molecular weight excluding hydrogens is 194 g/mol. The first-order valence-corrected chi connectivity index (χ1v) is 6.80. The Morgan fingerprint density at radius 1 is 1.06 bits per heavy atom. The van der Waals surface area contributed by atoms with Crippen molar-refractivity contribution in [3.05, 3.63) is 29.6 Å². The van der Waals surface area contributed by atoms with E-state index in [1.165, 1.54) is 24.0 Å². The average Bonchev–Trinajstić information content (AvgIpc) is 2.79. The van der Waals surface area contributed by atoms with Crippen molar-refractivity contribution in [2.24, 2.45) is 0 Å². The van der Waals surface area contributed by atoms with E-state index in [9.17, 15) is 0 Å². The van der Waals surface area contributed by atoms with Gasteiger partial charge in [-0.15, -0.1) is 0 Å². The summed E-state index contributed by atoms with van der Waals surface area (Å²) in [5, 5.41) is 0. The molecule has 1 aliphatic rings. The van der Waals surface area contributed by atoms with Gasteiger partial charge in [-0.2, -0.15) is 0 Å². The molecule has 0 radical (unpaired) electrons. The molecule has 0 saturated carbocycles. The van der Waals surface area contributed by atoms with E-state index in [1.54, 1.807) is 0 Å². The maximum Gasteiger partial charge on any atom is 0.0305 e. The second kappa shape index (κ2) is 12.2. The minimum absolute atomic E-state index is 0.740. The molecule has 0 aromatic carbocycles. The number of hydrogen-bond donors (Lipinski definition) is 0. The zero-order valence-electron chi connectivity index (χ0n) is 12.2. The van der Waals surface area contributed by atoms with E-state index in [0.29, 0.717) is 0 Å². The Hall–Kier alpha value is -0.850. The normalized spacial score (nSPS) is 15.3. The van der Waals surface area contributed by atoms with Gasteiger partial charge in [-0.1, -0.05) is 48.5 Å². The second-order valence-electron chi connectivity index (χ2n) is 3.01. The molecule has 0 amide bonds. The third kappa shape index (κ3) is 5.29. The van der Waals surface area contributed by atoms with Crippen molar-refractivity contribution in [2.75, 3.05) is 0 Å². The summed E-state index contributed by atoms with van der Waals surface area (Å²) in [5.74, 6) is 0.740. The van der Waals surface area contributed by atoms with E-state index in [2.05, 4.69) is 18.0 Å². The van der Waals surface area contributed by atoms with E-state index in [1.807, 2.05) is 53.9 Å². The van der Waals surface area contributed by atoms with Crippen LogP contribution in [-0.2, 0) is 6.42 Å². The lowest BCUT2D eigenvalue weighted by Gasteiger charge is -2.00. The highest BCUT2D eigenvalue weighted by molar-refractivity contribution is 5.31. The summed E-state index contributed by atoms with van der Waals surface area (Å²) in [6, 6.07) is 2.14. The van der Waals surface area contributed by atoms with Crippen LogP contribution in [0.2, 0.25) is 0 Å². The highest BCUT2D eigenvalue weighted by Gasteiger charge is 2.17. The molecule has 1 unspecified atom stereocenters. The van der Waals surface area contributed by atoms with Gasteiger partial charge in [-0.25, -0.2) is 0 Å². The number of hydrogen-bond acceptors (Lipinski definition) is 1. The van der Waals surface area contributed by atoms with Gasteiger partial charge in [0.2, 0.25) is 0 Å². The van der Waals surface area contributed by atoms with E-state index in [0.717, 1.165) is 5.92 Å². The molecule has 1 aromatic heterocycles. The maximum atomic E-state index is 4.11. The molecule has 1 aromatic rings. The zero-order valence-corrected chi connectivity index (χ0v) is 12.2. The first-order chi connectivity index (χ1) is 7.88. The van der Waals surface area contributed by atoms with Crippen LogP contribution in [0.5, 0.6) is 0 Å². The van der Waals surface area contributed by atoms with Crippen LogP contribution in [0.4, 0.5) is 0 Å². The van der Waals surface area contributed by atoms with Gasteiger partial charge >= 0.3 is 0 Å². The third-order valence-corrected chi connectivity index (χ3v) is 2.32. The molecular formula is C15H29N.